The molecule has 0 spiro atoms. The number of carbonyl (C=O) groups excluding carboxylic acids is 2. The Morgan fingerprint density at radius 1 is 0.677 bits per heavy atom. The third kappa shape index (κ3) is 12.5. The fourth-order valence-corrected chi connectivity index (χ4v) is 3.66. The van der Waals surface area contributed by atoms with Crippen molar-refractivity contribution in [3.05, 3.63) is 35.9 Å². The second kappa shape index (κ2) is 16.8. The smallest absolute Gasteiger partial charge is 0.245 e. The Morgan fingerprint density at radius 2 is 1.16 bits per heavy atom. The molecule has 0 aromatic heterocycles. The van der Waals surface area contributed by atoms with Crippen LogP contribution in [0.3, 0.4) is 0 Å². The van der Waals surface area contributed by atoms with E-state index in [2.05, 4.69) is 13.8 Å². The maximum absolute atomic E-state index is 12.6. The van der Waals surface area contributed by atoms with Gasteiger partial charge in [0.05, 0.1) is 17.7 Å². The molecule has 0 unspecified atom stereocenters. The van der Waals surface area contributed by atoms with Crippen LogP contribution in [0.25, 0.3) is 0 Å². The summed E-state index contributed by atoms with van der Waals surface area (Å²) in [6.07, 6.45) is 12.1. The van der Waals surface area contributed by atoms with Crippen molar-refractivity contribution < 1.29 is 24.1 Å². The summed E-state index contributed by atoms with van der Waals surface area (Å²) in [7, 11) is 0. The number of hydroxylamine groups is 4. The van der Waals surface area contributed by atoms with Gasteiger partial charge >= 0.3 is 11.9 Å². The van der Waals surface area contributed by atoms with E-state index in [-0.39, 0.29) is 11.9 Å². The molecule has 1 aromatic carbocycles. The lowest BCUT2D eigenvalue weighted by molar-refractivity contribution is -1.23. The zero-order chi connectivity index (χ0) is 22.8. The normalized spacial score (nSPS) is 11.3. The molecule has 0 fully saturated rings. The van der Waals surface area contributed by atoms with Gasteiger partial charge in [-0.25, -0.2) is 19.3 Å². The first-order chi connectivity index (χ1) is 15.0. The molecule has 0 radical (unpaired) electrons. The average molecular weight is 435 g/mol. The Hall–Kier alpha value is -1.88. The van der Waals surface area contributed by atoms with E-state index in [1.807, 2.05) is 37.3 Å². The fraction of sp³-hybridized carbons (Fsp3) is 0.692. The van der Waals surface area contributed by atoms with Gasteiger partial charge in [-0.05, 0) is 12.8 Å². The third-order valence-corrected chi connectivity index (χ3v) is 5.34. The lowest BCUT2D eigenvalue weighted by atomic mass is 10.1. The van der Waals surface area contributed by atoms with Crippen molar-refractivity contribution >= 4 is 11.9 Å². The number of quaternary nitrogens is 1. The van der Waals surface area contributed by atoms with E-state index in [1.54, 1.807) is 0 Å². The van der Waals surface area contributed by atoms with E-state index >= 15 is 0 Å². The van der Waals surface area contributed by atoms with Gasteiger partial charge in [0.2, 0.25) is 0 Å². The van der Waals surface area contributed by atoms with Crippen molar-refractivity contribution in [1.29, 1.82) is 0 Å². The first-order valence-corrected chi connectivity index (χ1v) is 12.4. The van der Waals surface area contributed by atoms with Gasteiger partial charge in [0, 0.05) is 12.0 Å². The Balaban J connectivity index is 2.77. The number of hydrogen-bond donors (Lipinski definition) is 0. The zero-order valence-electron chi connectivity index (χ0n) is 20.1. The van der Waals surface area contributed by atoms with Crippen molar-refractivity contribution in [2.45, 2.75) is 111 Å². The Bertz CT molecular complexity index is 575. The lowest BCUT2D eigenvalue weighted by Crippen LogP contribution is -2.50. The highest BCUT2D eigenvalue weighted by Gasteiger charge is 2.38. The predicted molar refractivity (Wildman–Crippen MR) is 125 cm³/mol. The van der Waals surface area contributed by atoms with Gasteiger partial charge in [-0.1, -0.05) is 102 Å². The highest BCUT2D eigenvalue weighted by atomic mass is 17.0. The van der Waals surface area contributed by atoms with Crippen LogP contribution in [0.5, 0.6) is 0 Å². The summed E-state index contributed by atoms with van der Waals surface area (Å²) in [6.45, 7) is 7.13. The Kier molecular flexibility index (Phi) is 14.7. The standard InChI is InChI=1S/C26H44NO4/c1-4-7-9-11-16-20-25(28)30-27(22-6-3,23-24-18-14-13-15-19-24)31-26(29)21-17-12-10-8-5-2/h13-15,18-19H,4-12,16-17,20-23H2,1-3H3/q+1. The molecule has 5 nitrogen and oxygen atoms in total. The molecule has 1 aromatic rings. The molecule has 0 bridgehead atoms. The predicted octanol–water partition coefficient (Wildman–Crippen LogP) is 7.05. The number of unbranched alkanes of at least 4 members (excludes halogenated alkanes) is 8. The first kappa shape index (κ1) is 27.2. The number of nitrogens with zero attached hydrogens (tertiary/aromatic N) is 1. The molecule has 0 aliphatic carbocycles. The molecule has 1 rings (SSSR count). The van der Waals surface area contributed by atoms with E-state index in [9.17, 15) is 9.59 Å². The molecule has 31 heavy (non-hydrogen) atoms. The van der Waals surface area contributed by atoms with Gasteiger partial charge in [-0.3, -0.25) is 0 Å². The molecule has 0 saturated heterocycles. The van der Waals surface area contributed by atoms with Crippen molar-refractivity contribution in [2.24, 2.45) is 0 Å². The molecule has 0 aliphatic heterocycles. The van der Waals surface area contributed by atoms with Crippen molar-refractivity contribution in [2.75, 3.05) is 6.54 Å². The summed E-state index contributed by atoms with van der Waals surface area (Å²) in [5.41, 5.74) is 0.974. The maximum Gasteiger partial charge on any atom is 0.372 e. The van der Waals surface area contributed by atoms with Gasteiger partial charge in [0.15, 0.2) is 13.1 Å². The molecule has 0 amide bonds. The minimum Gasteiger partial charge on any atom is -0.245 e. The number of carbonyl (C=O) groups is 2. The molecule has 5 heteroatoms. The second-order valence-electron chi connectivity index (χ2n) is 8.44. The molecule has 0 heterocycles. The molecular formula is C26H44NO4+. The SMILES string of the molecule is CCCCCCCC(=O)O[N+](CCC)(Cc1ccccc1)OC(=O)CCCCCCC. The second-order valence-corrected chi connectivity index (χ2v) is 8.44. The zero-order valence-corrected chi connectivity index (χ0v) is 20.1. The van der Waals surface area contributed by atoms with E-state index in [0.29, 0.717) is 25.9 Å². The van der Waals surface area contributed by atoms with Crippen LogP contribution < -0.4 is 0 Å². The van der Waals surface area contributed by atoms with Crippen LogP contribution in [-0.4, -0.2) is 23.3 Å². The van der Waals surface area contributed by atoms with E-state index in [4.69, 9.17) is 9.68 Å². The third-order valence-electron chi connectivity index (χ3n) is 5.34. The highest BCUT2D eigenvalue weighted by Crippen LogP contribution is 2.21. The van der Waals surface area contributed by atoms with Gasteiger partial charge in [0.1, 0.15) is 0 Å². The van der Waals surface area contributed by atoms with Crippen LogP contribution in [0.2, 0.25) is 0 Å². The summed E-state index contributed by atoms with van der Waals surface area (Å²) < 4.78 is 0. The lowest BCUT2D eigenvalue weighted by Gasteiger charge is -2.30. The fourth-order valence-electron chi connectivity index (χ4n) is 3.66. The molecule has 0 N–H and O–H groups in total. The maximum atomic E-state index is 12.6. The van der Waals surface area contributed by atoms with Gasteiger partial charge in [-0.2, -0.15) is 0 Å². The van der Waals surface area contributed by atoms with Crippen LogP contribution in [-0.2, 0) is 25.8 Å². The van der Waals surface area contributed by atoms with Crippen LogP contribution in [0.1, 0.15) is 110 Å². The average Bonchev–Trinajstić information content (AvgIpc) is 2.74. The van der Waals surface area contributed by atoms with Crippen molar-refractivity contribution in [3.8, 4) is 0 Å². The largest absolute Gasteiger partial charge is 0.372 e. The van der Waals surface area contributed by atoms with Gasteiger partial charge in [0.25, 0.3) is 0 Å². The summed E-state index contributed by atoms with van der Waals surface area (Å²) in [6, 6.07) is 9.78. The topological polar surface area (TPSA) is 52.6 Å². The number of hydrogen-bond acceptors (Lipinski definition) is 4. The minimum absolute atomic E-state index is 0.295. The summed E-state index contributed by atoms with van der Waals surface area (Å²) in [5.74, 6) is -0.590. The molecule has 0 aliphatic rings. The molecule has 0 atom stereocenters. The Labute approximate surface area is 189 Å². The summed E-state index contributed by atoms with van der Waals surface area (Å²) in [4.78, 5) is 36.6. The van der Waals surface area contributed by atoms with Crippen LogP contribution in [0.15, 0.2) is 30.3 Å². The number of benzene rings is 1. The minimum atomic E-state index is -0.401. The molecule has 176 valence electrons. The molecular weight excluding hydrogens is 390 g/mol. The van der Waals surface area contributed by atoms with E-state index < -0.39 is 4.81 Å². The van der Waals surface area contributed by atoms with Crippen LogP contribution >= 0.6 is 0 Å². The highest BCUT2D eigenvalue weighted by molar-refractivity contribution is 5.69. The number of rotatable bonds is 18. The van der Waals surface area contributed by atoms with Crippen molar-refractivity contribution in [3.63, 3.8) is 0 Å². The summed E-state index contributed by atoms with van der Waals surface area (Å²) in [5, 5.41) is 0. The van der Waals surface area contributed by atoms with E-state index in [1.165, 1.54) is 25.7 Å². The monoisotopic (exact) mass is 434 g/mol. The van der Waals surface area contributed by atoms with Crippen LogP contribution in [0, 0.1) is 0 Å². The Morgan fingerprint density at radius 3 is 1.61 bits per heavy atom. The van der Waals surface area contributed by atoms with Crippen molar-refractivity contribution in [1.82, 2.24) is 0 Å². The van der Waals surface area contributed by atoms with Crippen LogP contribution in [0.4, 0.5) is 0 Å². The van der Waals surface area contributed by atoms with E-state index in [0.717, 1.165) is 50.5 Å². The quantitative estimate of drug-likeness (QED) is 0.141. The van der Waals surface area contributed by atoms with Gasteiger partial charge in [-0.15, -0.1) is 0 Å². The van der Waals surface area contributed by atoms with Gasteiger partial charge < -0.3 is 0 Å². The first-order valence-electron chi connectivity index (χ1n) is 12.4. The summed E-state index contributed by atoms with van der Waals surface area (Å²) >= 11 is 0. The molecule has 0 saturated carbocycles.